The van der Waals surface area contributed by atoms with Crippen LogP contribution in [0, 0.1) is 0 Å². The second kappa shape index (κ2) is 6.19. The first-order chi connectivity index (χ1) is 11.3. The molecule has 0 radical (unpaired) electrons. The summed E-state index contributed by atoms with van der Waals surface area (Å²) in [6.45, 7) is 4.58. The SMILES string of the molecule is CN(Cc1cnn(C)c1)C(=O)COc1cccc2c1OC(C)(C)C2. The summed E-state index contributed by atoms with van der Waals surface area (Å²) in [6.07, 6.45) is 4.49. The van der Waals surface area contributed by atoms with Gasteiger partial charge < -0.3 is 14.4 Å². The van der Waals surface area contributed by atoms with Crippen molar-refractivity contribution in [1.82, 2.24) is 14.7 Å². The first-order valence-electron chi connectivity index (χ1n) is 7.99. The molecule has 1 aliphatic rings. The monoisotopic (exact) mass is 329 g/mol. The molecule has 3 rings (SSSR count). The number of amides is 1. The van der Waals surface area contributed by atoms with E-state index in [1.54, 1.807) is 22.8 Å². The molecule has 2 heterocycles. The number of aryl methyl sites for hydroxylation is 1. The van der Waals surface area contributed by atoms with Gasteiger partial charge in [-0.25, -0.2) is 0 Å². The third-order valence-electron chi connectivity index (χ3n) is 4.01. The van der Waals surface area contributed by atoms with Crippen LogP contribution in [-0.4, -0.2) is 39.8 Å². The van der Waals surface area contributed by atoms with Crippen molar-refractivity contribution < 1.29 is 14.3 Å². The van der Waals surface area contributed by atoms with Gasteiger partial charge in [0.15, 0.2) is 18.1 Å². The predicted molar refractivity (Wildman–Crippen MR) is 90.0 cm³/mol. The van der Waals surface area contributed by atoms with Crippen LogP contribution < -0.4 is 9.47 Å². The molecule has 1 aliphatic heterocycles. The number of nitrogens with zero attached hydrogens (tertiary/aromatic N) is 3. The van der Waals surface area contributed by atoms with Gasteiger partial charge in [0.1, 0.15) is 5.60 Å². The van der Waals surface area contributed by atoms with E-state index in [1.807, 2.05) is 45.3 Å². The summed E-state index contributed by atoms with van der Waals surface area (Å²) < 4.78 is 13.4. The molecule has 6 nitrogen and oxygen atoms in total. The highest BCUT2D eigenvalue weighted by atomic mass is 16.5. The van der Waals surface area contributed by atoms with Crippen molar-refractivity contribution in [2.75, 3.05) is 13.7 Å². The molecule has 2 aromatic rings. The van der Waals surface area contributed by atoms with Crippen LogP contribution in [0.2, 0.25) is 0 Å². The highest BCUT2D eigenvalue weighted by Gasteiger charge is 2.32. The highest BCUT2D eigenvalue weighted by molar-refractivity contribution is 5.77. The predicted octanol–water partition coefficient (Wildman–Crippen LogP) is 2.17. The Morgan fingerprint density at radius 3 is 2.96 bits per heavy atom. The van der Waals surface area contributed by atoms with E-state index in [9.17, 15) is 4.79 Å². The Morgan fingerprint density at radius 1 is 1.46 bits per heavy atom. The van der Waals surface area contributed by atoms with Crippen LogP contribution >= 0.6 is 0 Å². The molecule has 128 valence electrons. The van der Waals surface area contributed by atoms with E-state index in [2.05, 4.69) is 5.10 Å². The minimum Gasteiger partial charge on any atom is -0.483 e. The number of para-hydroxylation sites is 1. The van der Waals surface area contributed by atoms with Gasteiger partial charge in [-0.15, -0.1) is 0 Å². The molecule has 0 atom stereocenters. The van der Waals surface area contributed by atoms with Crippen molar-refractivity contribution in [3.05, 3.63) is 41.7 Å². The third-order valence-corrected chi connectivity index (χ3v) is 4.01. The largest absolute Gasteiger partial charge is 0.483 e. The molecule has 0 aliphatic carbocycles. The average Bonchev–Trinajstić information content (AvgIpc) is 3.05. The Kier molecular flexibility index (Phi) is 4.22. The summed E-state index contributed by atoms with van der Waals surface area (Å²) in [4.78, 5) is 13.9. The summed E-state index contributed by atoms with van der Waals surface area (Å²) in [6, 6.07) is 5.81. The summed E-state index contributed by atoms with van der Waals surface area (Å²) in [5.74, 6) is 1.29. The van der Waals surface area contributed by atoms with Gasteiger partial charge in [0.25, 0.3) is 5.91 Å². The van der Waals surface area contributed by atoms with Crippen molar-refractivity contribution >= 4 is 5.91 Å². The summed E-state index contributed by atoms with van der Waals surface area (Å²) in [5, 5.41) is 4.11. The lowest BCUT2D eigenvalue weighted by atomic mass is 10.0. The Balaban J connectivity index is 1.60. The number of carbonyl (C=O) groups excluding carboxylic acids is 1. The van der Waals surface area contributed by atoms with Crippen LogP contribution in [0.5, 0.6) is 11.5 Å². The summed E-state index contributed by atoms with van der Waals surface area (Å²) in [7, 11) is 3.61. The fraction of sp³-hybridized carbons (Fsp3) is 0.444. The van der Waals surface area contributed by atoms with Crippen LogP contribution in [0.25, 0.3) is 0 Å². The maximum Gasteiger partial charge on any atom is 0.260 e. The lowest BCUT2D eigenvalue weighted by molar-refractivity contribution is -0.132. The van der Waals surface area contributed by atoms with Crippen LogP contribution in [0.4, 0.5) is 0 Å². The van der Waals surface area contributed by atoms with Gasteiger partial charge in [-0.2, -0.15) is 5.10 Å². The topological polar surface area (TPSA) is 56.6 Å². The number of hydrogen-bond acceptors (Lipinski definition) is 4. The molecule has 0 unspecified atom stereocenters. The molecule has 1 aromatic carbocycles. The lowest BCUT2D eigenvalue weighted by Gasteiger charge is -2.19. The minimum atomic E-state index is -0.233. The standard InChI is InChI=1S/C18H23N3O3/c1-18(2)8-14-6-5-7-15(17(14)24-18)23-12-16(22)20(3)10-13-9-19-21(4)11-13/h5-7,9,11H,8,10,12H2,1-4H3. The number of fused-ring (bicyclic) bond motifs is 1. The first kappa shape index (κ1) is 16.4. The van der Waals surface area contributed by atoms with E-state index in [-0.39, 0.29) is 18.1 Å². The molecule has 1 aromatic heterocycles. The van der Waals surface area contributed by atoms with Gasteiger partial charge in [-0.05, 0) is 19.9 Å². The maximum absolute atomic E-state index is 12.3. The zero-order valence-electron chi connectivity index (χ0n) is 14.6. The van der Waals surface area contributed by atoms with E-state index in [4.69, 9.17) is 9.47 Å². The van der Waals surface area contributed by atoms with E-state index >= 15 is 0 Å². The van der Waals surface area contributed by atoms with E-state index < -0.39 is 0 Å². The van der Waals surface area contributed by atoms with Crippen molar-refractivity contribution in [3.8, 4) is 11.5 Å². The number of ether oxygens (including phenoxy) is 2. The molecule has 0 spiro atoms. The van der Waals surface area contributed by atoms with Crippen molar-refractivity contribution in [1.29, 1.82) is 0 Å². The van der Waals surface area contributed by atoms with Crippen LogP contribution in [0.15, 0.2) is 30.6 Å². The Labute approximate surface area is 142 Å². The fourth-order valence-electron chi connectivity index (χ4n) is 2.87. The molecule has 0 saturated heterocycles. The molecule has 6 heteroatoms. The second-order valence-corrected chi connectivity index (χ2v) is 6.84. The highest BCUT2D eigenvalue weighted by Crippen LogP contribution is 2.41. The van der Waals surface area contributed by atoms with E-state index in [1.165, 1.54) is 0 Å². The van der Waals surface area contributed by atoms with Gasteiger partial charge in [0.05, 0.1) is 6.20 Å². The number of likely N-dealkylation sites (N-methyl/N-ethyl adjacent to an activating group) is 1. The second-order valence-electron chi connectivity index (χ2n) is 6.84. The maximum atomic E-state index is 12.3. The smallest absolute Gasteiger partial charge is 0.260 e. The Bertz CT molecular complexity index is 752. The quantitative estimate of drug-likeness (QED) is 0.843. The zero-order chi connectivity index (χ0) is 17.3. The van der Waals surface area contributed by atoms with Gasteiger partial charge in [0.2, 0.25) is 0 Å². The average molecular weight is 329 g/mol. The van der Waals surface area contributed by atoms with Crippen molar-refractivity contribution in [2.45, 2.75) is 32.4 Å². The molecular formula is C18H23N3O3. The first-order valence-corrected chi connectivity index (χ1v) is 7.99. The van der Waals surface area contributed by atoms with Gasteiger partial charge >= 0.3 is 0 Å². The van der Waals surface area contributed by atoms with E-state index in [0.29, 0.717) is 12.3 Å². The number of aromatic nitrogens is 2. The Hall–Kier alpha value is -2.50. The molecule has 0 saturated carbocycles. The molecule has 0 N–H and O–H groups in total. The zero-order valence-corrected chi connectivity index (χ0v) is 14.6. The third kappa shape index (κ3) is 3.53. The lowest BCUT2D eigenvalue weighted by Crippen LogP contribution is -2.31. The van der Waals surface area contributed by atoms with E-state index in [0.717, 1.165) is 23.3 Å². The van der Waals surface area contributed by atoms with Gasteiger partial charge in [0, 0.05) is 44.4 Å². The normalized spacial score (nSPS) is 14.8. The van der Waals surface area contributed by atoms with Crippen LogP contribution in [0.1, 0.15) is 25.0 Å². The molecule has 24 heavy (non-hydrogen) atoms. The fourth-order valence-corrected chi connectivity index (χ4v) is 2.87. The summed E-state index contributed by atoms with van der Waals surface area (Å²) >= 11 is 0. The Morgan fingerprint density at radius 2 is 2.25 bits per heavy atom. The number of benzene rings is 1. The molecule has 0 bridgehead atoms. The van der Waals surface area contributed by atoms with Crippen LogP contribution in [-0.2, 0) is 24.8 Å². The molecule has 0 fully saturated rings. The number of hydrogen-bond donors (Lipinski definition) is 0. The van der Waals surface area contributed by atoms with Gasteiger partial charge in [-0.3, -0.25) is 9.48 Å². The number of rotatable bonds is 5. The van der Waals surface area contributed by atoms with Crippen molar-refractivity contribution in [3.63, 3.8) is 0 Å². The summed E-state index contributed by atoms with van der Waals surface area (Å²) in [5.41, 5.74) is 1.87. The minimum absolute atomic E-state index is 0.0169. The van der Waals surface area contributed by atoms with Crippen molar-refractivity contribution in [2.24, 2.45) is 7.05 Å². The molecular weight excluding hydrogens is 306 g/mol. The molecule has 1 amide bonds. The van der Waals surface area contributed by atoms with Crippen LogP contribution in [0.3, 0.4) is 0 Å². The van der Waals surface area contributed by atoms with Gasteiger partial charge in [-0.1, -0.05) is 12.1 Å². The number of carbonyl (C=O) groups is 1.